The Morgan fingerprint density at radius 3 is 3.07 bits per heavy atom. The van der Waals surface area contributed by atoms with Gasteiger partial charge < -0.3 is 10.3 Å². The van der Waals surface area contributed by atoms with Crippen LogP contribution in [0.3, 0.4) is 0 Å². The number of likely N-dealkylation sites (N-methyl/N-ethyl adjacent to an activating group) is 1. The monoisotopic (exact) mass is 189 g/mol. The fourth-order valence-corrected chi connectivity index (χ4v) is 1.61. The molecule has 3 heteroatoms. The molecule has 0 radical (unpaired) electrons. The van der Waals surface area contributed by atoms with Crippen LogP contribution in [0, 0.1) is 6.92 Å². The number of rotatable bonds is 3. The summed E-state index contributed by atoms with van der Waals surface area (Å²) in [7, 11) is 1.97. The summed E-state index contributed by atoms with van der Waals surface area (Å²) in [5, 5.41) is 3.14. The summed E-state index contributed by atoms with van der Waals surface area (Å²) >= 11 is 0. The minimum absolute atomic E-state index is 0.978. The zero-order valence-corrected chi connectivity index (χ0v) is 8.59. The van der Waals surface area contributed by atoms with Gasteiger partial charge in [0.25, 0.3) is 0 Å². The van der Waals surface area contributed by atoms with Crippen molar-refractivity contribution in [2.75, 3.05) is 13.6 Å². The first-order valence-corrected chi connectivity index (χ1v) is 4.89. The lowest BCUT2D eigenvalue weighted by Crippen LogP contribution is -2.10. The molecule has 1 heterocycles. The summed E-state index contributed by atoms with van der Waals surface area (Å²) in [6, 6.07) is 6.39. The number of imidazole rings is 1. The predicted octanol–water partition coefficient (Wildman–Crippen LogP) is 1.63. The third kappa shape index (κ3) is 1.77. The number of hydrogen-bond acceptors (Lipinski definition) is 2. The molecule has 0 saturated carbocycles. The summed E-state index contributed by atoms with van der Waals surface area (Å²) in [4.78, 5) is 7.61. The van der Waals surface area contributed by atoms with Crippen molar-refractivity contribution in [1.29, 1.82) is 0 Å². The molecule has 0 unspecified atom stereocenters. The summed E-state index contributed by atoms with van der Waals surface area (Å²) in [6.07, 6.45) is 1.06. The molecule has 0 saturated heterocycles. The maximum Gasteiger partial charge on any atom is 0.104 e. The normalized spacial score (nSPS) is 11.0. The van der Waals surface area contributed by atoms with E-state index in [9.17, 15) is 0 Å². The number of aromatic nitrogens is 2. The van der Waals surface area contributed by atoms with Crippen LogP contribution in [0.1, 0.15) is 11.4 Å². The molecule has 0 aliphatic heterocycles. The van der Waals surface area contributed by atoms with Gasteiger partial charge in [0.1, 0.15) is 5.82 Å². The first kappa shape index (κ1) is 9.21. The second kappa shape index (κ2) is 3.80. The summed E-state index contributed by atoms with van der Waals surface area (Å²) in [6.45, 7) is 2.99. The van der Waals surface area contributed by atoms with E-state index in [0.717, 1.165) is 29.8 Å². The number of fused-ring (bicyclic) bond motifs is 1. The van der Waals surface area contributed by atoms with Gasteiger partial charge in [0.05, 0.1) is 11.0 Å². The highest BCUT2D eigenvalue weighted by molar-refractivity contribution is 5.75. The molecule has 74 valence electrons. The molecule has 0 aliphatic rings. The van der Waals surface area contributed by atoms with Crippen LogP contribution in [-0.4, -0.2) is 23.6 Å². The smallest absolute Gasteiger partial charge is 0.104 e. The Kier molecular flexibility index (Phi) is 2.50. The summed E-state index contributed by atoms with van der Waals surface area (Å²) < 4.78 is 0. The minimum atomic E-state index is 0.978. The van der Waals surface area contributed by atoms with Crippen LogP contribution in [0.5, 0.6) is 0 Å². The third-order valence-corrected chi connectivity index (χ3v) is 2.33. The van der Waals surface area contributed by atoms with Crippen LogP contribution in [0.2, 0.25) is 0 Å². The molecule has 0 aliphatic carbocycles. The van der Waals surface area contributed by atoms with Crippen molar-refractivity contribution in [2.24, 2.45) is 0 Å². The van der Waals surface area contributed by atoms with Gasteiger partial charge in [-0.2, -0.15) is 0 Å². The van der Waals surface area contributed by atoms with Gasteiger partial charge in [0.15, 0.2) is 0 Å². The highest BCUT2D eigenvalue weighted by Crippen LogP contribution is 2.13. The van der Waals surface area contributed by atoms with Crippen molar-refractivity contribution < 1.29 is 0 Å². The van der Waals surface area contributed by atoms with Crippen molar-refractivity contribution in [2.45, 2.75) is 13.3 Å². The molecule has 0 spiro atoms. The van der Waals surface area contributed by atoms with E-state index in [2.05, 4.69) is 33.5 Å². The molecule has 1 aromatic heterocycles. The Bertz CT molecular complexity index is 431. The van der Waals surface area contributed by atoms with Gasteiger partial charge in [-0.1, -0.05) is 6.07 Å². The fraction of sp³-hybridized carbons (Fsp3) is 0.364. The lowest BCUT2D eigenvalue weighted by atomic mass is 10.1. The minimum Gasteiger partial charge on any atom is -0.342 e. The van der Waals surface area contributed by atoms with Gasteiger partial charge in [0.2, 0.25) is 0 Å². The number of aryl methyl sites for hydroxylation is 1. The van der Waals surface area contributed by atoms with Gasteiger partial charge in [0, 0.05) is 0 Å². The van der Waals surface area contributed by atoms with Gasteiger partial charge in [-0.25, -0.2) is 4.98 Å². The Morgan fingerprint density at radius 1 is 1.43 bits per heavy atom. The summed E-state index contributed by atoms with van der Waals surface area (Å²) in [5.74, 6) is 0.978. The van der Waals surface area contributed by atoms with E-state index >= 15 is 0 Å². The molecule has 0 bridgehead atoms. The number of H-pyrrole nitrogens is 1. The molecule has 2 N–H and O–H groups in total. The van der Waals surface area contributed by atoms with E-state index in [4.69, 9.17) is 0 Å². The van der Waals surface area contributed by atoms with E-state index in [1.807, 2.05) is 14.0 Å². The van der Waals surface area contributed by atoms with Gasteiger partial charge in [-0.3, -0.25) is 0 Å². The van der Waals surface area contributed by atoms with Crippen LogP contribution in [-0.2, 0) is 6.42 Å². The third-order valence-electron chi connectivity index (χ3n) is 2.33. The summed E-state index contributed by atoms with van der Waals surface area (Å²) in [5.41, 5.74) is 3.53. The van der Waals surface area contributed by atoms with Crippen LogP contribution < -0.4 is 5.32 Å². The van der Waals surface area contributed by atoms with E-state index < -0.39 is 0 Å². The van der Waals surface area contributed by atoms with E-state index in [1.54, 1.807) is 0 Å². The van der Waals surface area contributed by atoms with Gasteiger partial charge >= 0.3 is 0 Å². The maximum atomic E-state index is 4.36. The predicted molar refractivity (Wildman–Crippen MR) is 58.5 cm³/mol. The SMILES string of the molecule is CNCCc1ccc2nc(C)[nH]c2c1. The maximum absolute atomic E-state index is 4.36. The first-order chi connectivity index (χ1) is 6.79. The van der Waals surface area contributed by atoms with Crippen molar-refractivity contribution in [3.8, 4) is 0 Å². The average molecular weight is 189 g/mol. The highest BCUT2D eigenvalue weighted by Gasteiger charge is 1.99. The molecule has 0 atom stereocenters. The van der Waals surface area contributed by atoms with E-state index in [1.165, 1.54) is 5.56 Å². The molecule has 0 amide bonds. The van der Waals surface area contributed by atoms with Gasteiger partial charge in [-0.15, -0.1) is 0 Å². The highest BCUT2D eigenvalue weighted by atomic mass is 14.9. The zero-order valence-electron chi connectivity index (χ0n) is 8.59. The number of hydrogen-bond donors (Lipinski definition) is 2. The average Bonchev–Trinajstić information content (AvgIpc) is 2.54. The molecule has 2 rings (SSSR count). The van der Waals surface area contributed by atoms with Gasteiger partial charge in [-0.05, 0) is 44.6 Å². The molecular formula is C11H15N3. The van der Waals surface area contributed by atoms with E-state index in [0.29, 0.717) is 0 Å². The van der Waals surface area contributed by atoms with Crippen LogP contribution in [0.25, 0.3) is 11.0 Å². The van der Waals surface area contributed by atoms with Crippen molar-refractivity contribution in [3.05, 3.63) is 29.6 Å². The molecule has 0 fully saturated rings. The number of nitrogens with one attached hydrogen (secondary N) is 2. The van der Waals surface area contributed by atoms with Crippen LogP contribution in [0.15, 0.2) is 18.2 Å². The Morgan fingerprint density at radius 2 is 2.29 bits per heavy atom. The van der Waals surface area contributed by atoms with E-state index in [-0.39, 0.29) is 0 Å². The molecule has 2 aromatic rings. The number of benzene rings is 1. The molecule has 14 heavy (non-hydrogen) atoms. The Hall–Kier alpha value is -1.35. The Balaban J connectivity index is 2.31. The Labute approximate surface area is 83.6 Å². The largest absolute Gasteiger partial charge is 0.342 e. The second-order valence-corrected chi connectivity index (χ2v) is 3.53. The number of aromatic amines is 1. The van der Waals surface area contributed by atoms with Crippen molar-refractivity contribution >= 4 is 11.0 Å². The second-order valence-electron chi connectivity index (χ2n) is 3.53. The topological polar surface area (TPSA) is 40.7 Å². The zero-order chi connectivity index (χ0) is 9.97. The fourth-order valence-electron chi connectivity index (χ4n) is 1.61. The van der Waals surface area contributed by atoms with Crippen LogP contribution >= 0.6 is 0 Å². The molecule has 3 nitrogen and oxygen atoms in total. The lowest BCUT2D eigenvalue weighted by Gasteiger charge is -1.99. The molecular weight excluding hydrogens is 174 g/mol. The number of nitrogens with zero attached hydrogens (tertiary/aromatic N) is 1. The standard InChI is InChI=1S/C11H15N3/c1-8-13-10-4-3-9(5-6-12-2)7-11(10)14-8/h3-4,7,12H,5-6H2,1-2H3,(H,13,14). The van der Waals surface area contributed by atoms with Crippen LogP contribution in [0.4, 0.5) is 0 Å². The van der Waals surface area contributed by atoms with Crippen molar-refractivity contribution in [3.63, 3.8) is 0 Å². The first-order valence-electron chi connectivity index (χ1n) is 4.89. The van der Waals surface area contributed by atoms with Crippen molar-refractivity contribution in [1.82, 2.24) is 15.3 Å². The molecule has 1 aromatic carbocycles. The lowest BCUT2D eigenvalue weighted by molar-refractivity contribution is 0.792. The quantitative estimate of drug-likeness (QED) is 0.770.